The first-order valence-corrected chi connectivity index (χ1v) is 8.29. The number of hydrogen-bond donors (Lipinski definition) is 1. The smallest absolute Gasteiger partial charge is 0.325 e. The molecule has 3 rings (SSSR count). The molecule has 24 heavy (non-hydrogen) atoms. The maximum atomic E-state index is 12.6. The predicted octanol–water partition coefficient (Wildman–Crippen LogP) is 1.93. The van der Waals surface area contributed by atoms with Crippen LogP contribution in [0.1, 0.15) is 38.3 Å². The Balaban J connectivity index is 1.68. The molecule has 1 saturated carbocycles. The van der Waals surface area contributed by atoms with E-state index in [1.54, 1.807) is 18.9 Å². The summed E-state index contributed by atoms with van der Waals surface area (Å²) in [5, 5.41) is 2.76. The van der Waals surface area contributed by atoms with Gasteiger partial charge >= 0.3 is 6.03 Å². The Morgan fingerprint density at radius 2 is 1.96 bits per heavy atom. The van der Waals surface area contributed by atoms with Gasteiger partial charge in [0.05, 0.1) is 6.04 Å². The SMILES string of the molecule is CC(c1ccccc1)N(C)C(=O)CN1C(=O)NC(C)(C2CC2)C1=O. The van der Waals surface area contributed by atoms with Gasteiger partial charge in [-0.05, 0) is 38.2 Å². The van der Waals surface area contributed by atoms with Gasteiger partial charge in [0.1, 0.15) is 12.1 Å². The molecule has 1 aromatic rings. The number of urea groups is 1. The fourth-order valence-corrected chi connectivity index (χ4v) is 3.21. The number of benzene rings is 1. The van der Waals surface area contributed by atoms with Crippen molar-refractivity contribution in [3.63, 3.8) is 0 Å². The van der Waals surface area contributed by atoms with Gasteiger partial charge in [-0.25, -0.2) is 4.79 Å². The van der Waals surface area contributed by atoms with Crippen LogP contribution >= 0.6 is 0 Å². The van der Waals surface area contributed by atoms with Crippen LogP contribution in [0.25, 0.3) is 0 Å². The molecular formula is C18H23N3O3. The largest absolute Gasteiger partial charge is 0.337 e. The second kappa shape index (κ2) is 5.92. The van der Waals surface area contributed by atoms with Crippen LogP contribution < -0.4 is 5.32 Å². The van der Waals surface area contributed by atoms with E-state index < -0.39 is 11.6 Å². The lowest BCUT2D eigenvalue weighted by atomic mass is 9.96. The second-order valence-electron chi connectivity index (χ2n) is 6.89. The molecule has 1 heterocycles. The molecule has 0 spiro atoms. The molecule has 1 saturated heterocycles. The molecule has 0 aromatic heterocycles. The van der Waals surface area contributed by atoms with E-state index in [1.807, 2.05) is 37.3 Å². The van der Waals surface area contributed by atoms with Crippen molar-refractivity contribution in [1.29, 1.82) is 0 Å². The molecule has 0 radical (unpaired) electrons. The quantitative estimate of drug-likeness (QED) is 0.839. The first-order valence-electron chi connectivity index (χ1n) is 8.29. The highest BCUT2D eigenvalue weighted by Crippen LogP contribution is 2.42. The van der Waals surface area contributed by atoms with Crippen LogP contribution in [0.5, 0.6) is 0 Å². The van der Waals surface area contributed by atoms with Gasteiger partial charge in [-0.15, -0.1) is 0 Å². The topological polar surface area (TPSA) is 69.7 Å². The van der Waals surface area contributed by atoms with E-state index in [1.165, 1.54) is 0 Å². The van der Waals surface area contributed by atoms with Crippen molar-refractivity contribution in [3.05, 3.63) is 35.9 Å². The number of nitrogens with zero attached hydrogens (tertiary/aromatic N) is 2. The van der Waals surface area contributed by atoms with Gasteiger partial charge in [0.25, 0.3) is 5.91 Å². The number of amides is 4. The Morgan fingerprint density at radius 1 is 1.33 bits per heavy atom. The molecule has 1 N–H and O–H groups in total. The summed E-state index contributed by atoms with van der Waals surface area (Å²) in [4.78, 5) is 39.9. The molecule has 1 aliphatic carbocycles. The molecule has 2 aliphatic rings. The van der Waals surface area contributed by atoms with Crippen molar-refractivity contribution in [2.45, 2.75) is 38.3 Å². The fraction of sp³-hybridized carbons (Fsp3) is 0.500. The molecule has 1 aliphatic heterocycles. The number of hydrogen-bond acceptors (Lipinski definition) is 3. The molecule has 2 atom stereocenters. The van der Waals surface area contributed by atoms with Crippen LogP contribution in [0.2, 0.25) is 0 Å². The third kappa shape index (κ3) is 2.77. The van der Waals surface area contributed by atoms with Crippen LogP contribution in [0.15, 0.2) is 30.3 Å². The highest BCUT2D eigenvalue weighted by atomic mass is 16.2. The lowest BCUT2D eigenvalue weighted by molar-refractivity contribution is -0.139. The minimum absolute atomic E-state index is 0.130. The summed E-state index contributed by atoms with van der Waals surface area (Å²) in [5.74, 6) is -0.353. The van der Waals surface area contributed by atoms with Crippen LogP contribution in [0.4, 0.5) is 4.79 Å². The summed E-state index contributed by atoms with van der Waals surface area (Å²) in [5.41, 5.74) is 0.161. The minimum atomic E-state index is -0.846. The van der Waals surface area contributed by atoms with Gasteiger partial charge < -0.3 is 10.2 Å². The van der Waals surface area contributed by atoms with E-state index in [4.69, 9.17) is 0 Å². The molecule has 128 valence electrons. The number of imide groups is 1. The Morgan fingerprint density at radius 3 is 2.54 bits per heavy atom. The summed E-state index contributed by atoms with van der Waals surface area (Å²) in [7, 11) is 1.69. The number of carbonyl (C=O) groups is 3. The highest BCUT2D eigenvalue weighted by molar-refractivity contribution is 6.09. The van der Waals surface area contributed by atoms with Crippen LogP contribution in [-0.4, -0.2) is 46.8 Å². The van der Waals surface area contributed by atoms with Crippen LogP contribution in [0, 0.1) is 5.92 Å². The Hall–Kier alpha value is -2.37. The van der Waals surface area contributed by atoms with Crippen molar-refractivity contribution in [2.24, 2.45) is 5.92 Å². The van der Waals surface area contributed by atoms with Crippen molar-refractivity contribution < 1.29 is 14.4 Å². The summed E-state index contributed by atoms with van der Waals surface area (Å²) in [6.07, 6.45) is 1.88. The zero-order valence-corrected chi connectivity index (χ0v) is 14.3. The van der Waals surface area contributed by atoms with E-state index in [2.05, 4.69) is 5.32 Å². The van der Waals surface area contributed by atoms with Gasteiger partial charge in [0.15, 0.2) is 0 Å². The van der Waals surface area contributed by atoms with E-state index >= 15 is 0 Å². The van der Waals surface area contributed by atoms with Gasteiger partial charge in [0.2, 0.25) is 5.91 Å². The number of nitrogens with one attached hydrogen (secondary N) is 1. The lowest BCUT2D eigenvalue weighted by Crippen LogP contribution is -2.47. The number of likely N-dealkylation sites (N-methyl/N-ethyl adjacent to an activating group) is 1. The van der Waals surface area contributed by atoms with E-state index in [0.29, 0.717) is 0 Å². The molecule has 6 nitrogen and oxygen atoms in total. The monoisotopic (exact) mass is 329 g/mol. The Bertz CT molecular complexity index is 671. The first-order chi connectivity index (χ1) is 11.3. The van der Waals surface area contributed by atoms with Crippen molar-refractivity contribution in [1.82, 2.24) is 15.1 Å². The summed E-state index contributed by atoms with van der Waals surface area (Å²) in [6, 6.07) is 9.06. The van der Waals surface area contributed by atoms with Crippen molar-refractivity contribution in [3.8, 4) is 0 Å². The van der Waals surface area contributed by atoms with Crippen molar-refractivity contribution in [2.75, 3.05) is 13.6 Å². The fourth-order valence-electron chi connectivity index (χ4n) is 3.21. The minimum Gasteiger partial charge on any atom is -0.337 e. The molecule has 2 fully saturated rings. The molecule has 4 amide bonds. The number of rotatable bonds is 5. The number of carbonyl (C=O) groups excluding carboxylic acids is 3. The van der Waals surface area contributed by atoms with Crippen LogP contribution in [0.3, 0.4) is 0 Å². The normalized spacial score (nSPS) is 24.7. The van der Waals surface area contributed by atoms with E-state index in [9.17, 15) is 14.4 Å². The Kier molecular flexibility index (Phi) is 4.07. The molecule has 1 aromatic carbocycles. The second-order valence-corrected chi connectivity index (χ2v) is 6.89. The van der Waals surface area contributed by atoms with E-state index in [0.717, 1.165) is 23.3 Å². The average Bonchev–Trinajstić information content (AvgIpc) is 3.40. The molecule has 2 unspecified atom stereocenters. The van der Waals surface area contributed by atoms with Crippen LogP contribution in [-0.2, 0) is 9.59 Å². The zero-order valence-electron chi connectivity index (χ0n) is 14.3. The molecule has 6 heteroatoms. The summed E-state index contributed by atoms with van der Waals surface area (Å²) >= 11 is 0. The van der Waals surface area contributed by atoms with Gasteiger partial charge in [0, 0.05) is 7.05 Å². The Labute approximate surface area is 141 Å². The van der Waals surface area contributed by atoms with Gasteiger partial charge in [-0.2, -0.15) is 0 Å². The average molecular weight is 329 g/mol. The maximum Gasteiger partial charge on any atom is 0.325 e. The van der Waals surface area contributed by atoms with Gasteiger partial charge in [-0.3, -0.25) is 14.5 Å². The zero-order chi connectivity index (χ0) is 17.5. The summed E-state index contributed by atoms with van der Waals surface area (Å²) < 4.78 is 0. The molecular weight excluding hydrogens is 306 g/mol. The standard InChI is InChI=1S/C18H23N3O3/c1-12(13-7-5-4-6-8-13)20(3)15(22)11-21-16(23)18(2,14-9-10-14)19-17(21)24/h4-8,12,14H,9-11H2,1-3H3,(H,19,24). The van der Waals surface area contributed by atoms with E-state index in [-0.39, 0.29) is 30.3 Å². The van der Waals surface area contributed by atoms with Gasteiger partial charge in [-0.1, -0.05) is 30.3 Å². The third-order valence-electron chi connectivity index (χ3n) is 5.24. The highest BCUT2D eigenvalue weighted by Gasteiger charge is 2.56. The predicted molar refractivity (Wildman–Crippen MR) is 89.0 cm³/mol. The third-order valence-corrected chi connectivity index (χ3v) is 5.24. The summed E-state index contributed by atoms with van der Waals surface area (Å²) in [6.45, 7) is 3.46. The maximum absolute atomic E-state index is 12.6. The van der Waals surface area contributed by atoms with Crippen molar-refractivity contribution >= 4 is 17.8 Å². The first kappa shape index (κ1) is 16.5. The lowest BCUT2D eigenvalue weighted by Gasteiger charge is -2.27. The molecule has 0 bridgehead atoms.